The molecule has 4 rings (SSSR count). The summed E-state index contributed by atoms with van der Waals surface area (Å²) in [7, 11) is -0.916. The van der Waals surface area contributed by atoms with E-state index in [1.165, 1.54) is 34.1 Å². The molecule has 27 heavy (non-hydrogen) atoms. The molecule has 2 heterocycles. The summed E-state index contributed by atoms with van der Waals surface area (Å²) in [5, 5.41) is 0.195. The maximum atomic E-state index is 13.3. The van der Waals surface area contributed by atoms with E-state index < -0.39 is 21.3 Å². The van der Waals surface area contributed by atoms with Crippen LogP contribution in [0.2, 0.25) is 0 Å². The number of nitrogens with zero attached hydrogens (tertiary/aromatic N) is 3. The van der Waals surface area contributed by atoms with Crippen LogP contribution in [0.25, 0.3) is 10.9 Å². The monoisotopic (exact) mass is 385 g/mol. The van der Waals surface area contributed by atoms with Crippen LogP contribution in [-0.2, 0) is 30.5 Å². The van der Waals surface area contributed by atoms with Gasteiger partial charge in [-0.3, -0.25) is 18.2 Å². The van der Waals surface area contributed by atoms with Crippen molar-refractivity contribution in [3.8, 4) is 0 Å². The van der Waals surface area contributed by atoms with E-state index in [4.69, 9.17) is 0 Å². The van der Waals surface area contributed by atoms with E-state index in [2.05, 4.69) is 0 Å². The summed E-state index contributed by atoms with van der Waals surface area (Å²) in [6.07, 6.45) is 0.638. The number of hydrogen-bond acceptors (Lipinski definition) is 4. The van der Waals surface area contributed by atoms with Crippen molar-refractivity contribution in [1.29, 1.82) is 0 Å². The summed E-state index contributed by atoms with van der Waals surface area (Å²) < 4.78 is 30.4. The first-order chi connectivity index (χ1) is 12.7. The van der Waals surface area contributed by atoms with Crippen molar-refractivity contribution in [3.05, 3.63) is 68.9 Å². The molecule has 1 atom stereocenters. The molecule has 3 aromatic rings. The molecule has 7 nitrogen and oxygen atoms in total. The Morgan fingerprint density at radius 3 is 2.44 bits per heavy atom. The number of sulfonamides is 1. The molecule has 0 fully saturated rings. The molecule has 0 amide bonds. The number of benzene rings is 2. The molecule has 0 radical (unpaired) electrons. The van der Waals surface area contributed by atoms with Gasteiger partial charge in [-0.05, 0) is 43.2 Å². The zero-order valence-electron chi connectivity index (χ0n) is 15.2. The Labute approximate surface area is 156 Å². The Bertz CT molecular complexity index is 1300. The van der Waals surface area contributed by atoms with E-state index in [1.807, 2.05) is 25.1 Å². The molecular weight excluding hydrogens is 366 g/mol. The van der Waals surface area contributed by atoms with Gasteiger partial charge < -0.3 is 0 Å². The molecule has 0 unspecified atom stereocenters. The third-order valence-electron chi connectivity index (χ3n) is 5.14. The van der Waals surface area contributed by atoms with E-state index in [-0.39, 0.29) is 16.3 Å². The van der Waals surface area contributed by atoms with Crippen molar-refractivity contribution in [1.82, 2.24) is 9.13 Å². The molecule has 8 heteroatoms. The summed E-state index contributed by atoms with van der Waals surface area (Å²) in [5.41, 5.74) is 1.08. The normalized spacial score (nSPS) is 16.7. The average molecular weight is 385 g/mol. The molecule has 1 aliphatic rings. The van der Waals surface area contributed by atoms with Gasteiger partial charge in [0.15, 0.2) is 0 Å². The van der Waals surface area contributed by atoms with Gasteiger partial charge in [-0.15, -0.1) is 0 Å². The number of hydrogen-bond donors (Lipinski definition) is 0. The minimum absolute atomic E-state index is 0.0364. The van der Waals surface area contributed by atoms with Gasteiger partial charge in [0.05, 0.1) is 21.5 Å². The highest BCUT2D eigenvalue weighted by atomic mass is 32.2. The van der Waals surface area contributed by atoms with Gasteiger partial charge in [-0.1, -0.05) is 18.2 Å². The van der Waals surface area contributed by atoms with Gasteiger partial charge in [0.25, 0.3) is 15.6 Å². The molecule has 0 aliphatic carbocycles. The SMILES string of the molecule is C[C@H]1Cc2ccccc2N1S(=O)(=O)c1ccc2c(c1)c(=O)n(C)c(=O)n2C. The quantitative estimate of drug-likeness (QED) is 0.667. The van der Waals surface area contributed by atoms with E-state index in [9.17, 15) is 18.0 Å². The lowest BCUT2D eigenvalue weighted by Crippen LogP contribution is -2.38. The molecular formula is C19H19N3O4S. The summed E-state index contributed by atoms with van der Waals surface area (Å²) in [4.78, 5) is 24.6. The van der Waals surface area contributed by atoms with E-state index in [0.29, 0.717) is 17.6 Å². The Morgan fingerprint density at radius 1 is 1.00 bits per heavy atom. The first kappa shape index (κ1) is 17.5. The van der Waals surface area contributed by atoms with Crippen LogP contribution in [0.1, 0.15) is 12.5 Å². The number of fused-ring (bicyclic) bond motifs is 2. The topological polar surface area (TPSA) is 81.4 Å². The summed E-state index contributed by atoms with van der Waals surface area (Å²) in [5.74, 6) is 0. The van der Waals surface area contributed by atoms with Gasteiger partial charge in [0, 0.05) is 20.1 Å². The first-order valence-corrected chi connectivity index (χ1v) is 9.99. The molecule has 0 saturated heterocycles. The summed E-state index contributed by atoms with van der Waals surface area (Å²) in [6, 6.07) is 11.5. The van der Waals surface area contributed by atoms with Crippen LogP contribution >= 0.6 is 0 Å². The highest BCUT2D eigenvalue weighted by Crippen LogP contribution is 2.36. The van der Waals surface area contributed by atoms with Crippen LogP contribution in [0.4, 0.5) is 5.69 Å². The summed E-state index contributed by atoms with van der Waals surface area (Å²) >= 11 is 0. The van der Waals surface area contributed by atoms with Crippen molar-refractivity contribution in [2.45, 2.75) is 24.3 Å². The number of aromatic nitrogens is 2. The van der Waals surface area contributed by atoms with Crippen molar-refractivity contribution in [3.63, 3.8) is 0 Å². The molecule has 1 aromatic heterocycles. The maximum absolute atomic E-state index is 13.3. The van der Waals surface area contributed by atoms with Crippen molar-refractivity contribution >= 4 is 26.6 Å². The molecule has 1 aliphatic heterocycles. The van der Waals surface area contributed by atoms with Crippen LogP contribution in [-0.4, -0.2) is 23.6 Å². The number of aryl methyl sites for hydroxylation is 1. The van der Waals surface area contributed by atoms with Gasteiger partial charge >= 0.3 is 5.69 Å². The molecule has 0 bridgehead atoms. The highest BCUT2D eigenvalue weighted by molar-refractivity contribution is 7.92. The zero-order chi connectivity index (χ0) is 19.5. The fraction of sp³-hybridized carbons (Fsp3) is 0.263. The maximum Gasteiger partial charge on any atom is 0.330 e. The zero-order valence-corrected chi connectivity index (χ0v) is 16.0. The Morgan fingerprint density at radius 2 is 1.70 bits per heavy atom. The molecule has 0 spiro atoms. The van der Waals surface area contributed by atoms with Crippen LogP contribution in [0, 0.1) is 0 Å². The van der Waals surface area contributed by atoms with Crippen molar-refractivity contribution in [2.24, 2.45) is 14.1 Å². The standard InChI is InChI=1S/C19H19N3O4S/c1-12-10-13-6-4-5-7-16(13)22(12)27(25,26)14-8-9-17-15(11-14)18(23)21(3)19(24)20(17)2/h4-9,11-12H,10H2,1-3H3/t12-/m0/s1. The minimum atomic E-state index is -3.85. The number of para-hydroxylation sites is 1. The molecule has 0 saturated carbocycles. The van der Waals surface area contributed by atoms with Gasteiger partial charge in [-0.2, -0.15) is 0 Å². The lowest BCUT2D eigenvalue weighted by Gasteiger charge is -2.24. The molecule has 2 aromatic carbocycles. The number of anilines is 1. The second-order valence-corrected chi connectivity index (χ2v) is 8.68. The lowest BCUT2D eigenvalue weighted by molar-refractivity contribution is 0.584. The van der Waals surface area contributed by atoms with Gasteiger partial charge in [-0.25, -0.2) is 13.2 Å². The van der Waals surface area contributed by atoms with Crippen molar-refractivity contribution < 1.29 is 8.42 Å². The van der Waals surface area contributed by atoms with Gasteiger partial charge in [0.1, 0.15) is 0 Å². The third kappa shape index (κ3) is 2.43. The van der Waals surface area contributed by atoms with E-state index >= 15 is 0 Å². The van der Waals surface area contributed by atoms with Crippen LogP contribution < -0.4 is 15.6 Å². The highest BCUT2D eigenvalue weighted by Gasteiger charge is 2.36. The third-order valence-corrected chi connectivity index (χ3v) is 7.06. The predicted molar refractivity (Wildman–Crippen MR) is 104 cm³/mol. The fourth-order valence-corrected chi connectivity index (χ4v) is 5.47. The minimum Gasteiger partial charge on any atom is -0.296 e. The predicted octanol–water partition coefficient (Wildman–Crippen LogP) is 1.38. The Hall–Kier alpha value is -2.87. The van der Waals surface area contributed by atoms with E-state index in [1.54, 1.807) is 13.1 Å². The first-order valence-electron chi connectivity index (χ1n) is 8.55. The molecule has 140 valence electrons. The van der Waals surface area contributed by atoms with Crippen LogP contribution in [0.3, 0.4) is 0 Å². The second kappa shape index (κ2) is 5.82. The largest absolute Gasteiger partial charge is 0.330 e. The molecule has 0 N–H and O–H groups in total. The van der Waals surface area contributed by atoms with Crippen molar-refractivity contribution in [2.75, 3.05) is 4.31 Å². The average Bonchev–Trinajstić information content (AvgIpc) is 3.00. The second-order valence-electron chi connectivity index (χ2n) is 6.87. The Kier molecular flexibility index (Phi) is 3.78. The Balaban J connectivity index is 1.95. The van der Waals surface area contributed by atoms with Gasteiger partial charge in [0.2, 0.25) is 0 Å². The number of rotatable bonds is 2. The van der Waals surface area contributed by atoms with Crippen LogP contribution in [0.5, 0.6) is 0 Å². The lowest BCUT2D eigenvalue weighted by atomic mass is 10.1. The smallest absolute Gasteiger partial charge is 0.296 e. The summed E-state index contributed by atoms with van der Waals surface area (Å²) in [6.45, 7) is 1.86. The van der Waals surface area contributed by atoms with Crippen LogP contribution in [0.15, 0.2) is 56.9 Å². The fourth-order valence-electron chi connectivity index (χ4n) is 3.75. The van der Waals surface area contributed by atoms with E-state index in [0.717, 1.165) is 10.1 Å².